The minimum Gasteiger partial charge on any atom is -0.378 e. The minimum absolute atomic E-state index is 0.784. The van der Waals surface area contributed by atoms with Crippen LogP contribution < -0.4 is 0 Å². The molecule has 0 aliphatic rings. The summed E-state index contributed by atoms with van der Waals surface area (Å²) in [6.45, 7) is 5.89. The summed E-state index contributed by atoms with van der Waals surface area (Å²) < 4.78 is 5.21. The number of unbranched alkanes of at least 4 members (excludes halogenated alkanes) is 6. The maximum absolute atomic E-state index is 5.21. The minimum atomic E-state index is 0.784. The van der Waals surface area contributed by atoms with Gasteiger partial charge in [0.1, 0.15) is 0 Å². The summed E-state index contributed by atoms with van der Waals surface area (Å²) in [5.41, 5.74) is 0. The molecule has 0 aliphatic heterocycles. The van der Waals surface area contributed by atoms with E-state index < -0.39 is 0 Å². The molecule has 0 aromatic heterocycles. The average molecular weight is 198 g/mol. The van der Waals surface area contributed by atoms with E-state index in [4.69, 9.17) is 4.74 Å². The molecular weight excluding hydrogens is 172 g/mol. The van der Waals surface area contributed by atoms with Crippen LogP contribution in [0.4, 0.5) is 0 Å². The van der Waals surface area contributed by atoms with E-state index in [9.17, 15) is 0 Å². The molecule has 84 valence electrons. The first-order chi connectivity index (χ1) is 6.91. The fourth-order valence-electron chi connectivity index (χ4n) is 1.41. The standard InChI is InChI=1S/C13H26O/c1-3-5-6-7-8-9-10-11-12-13-14-4-2/h11-12H,3-10,13H2,1-2H3/b12-11+. The van der Waals surface area contributed by atoms with Crippen LogP contribution >= 0.6 is 0 Å². The smallest absolute Gasteiger partial charge is 0.0647 e. The van der Waals surface area contributed by atoms with Gasteiger partial charge in [0.05, 0.1) is 6.61 Å². The van der Waals surface area contributed by atoms with Crippen molar-refractivity contribution < 1.29 is 4.74 Å². The second kappa shape index (κ2) is 12.7. The Hall–Kier alpha value is -0.300. The third-order valence-corrected chi connectivity index (χ3v) is 2.31. The predicted octanol–water partition coefficient (Wildman–Crippen LogP) is 4.33. The topological polar surface area (TPSA) is 9.23 Å². The van der Waals surface area contributed by atoms with Gasteiger partial charge in [-0.15, -0.1) is 0 Å². The molecule has 0 aliphatic carbocycles. The summed E-state index contributed by atoms with van der Waals surface area (Å²) in [5, 5.41) is 0. The quantitative estimate of drug-likeness (QED) is 0.375. The van der Waals surface area contributed by atoms with Crippen LogP contribution in [-0.4, -0.2) is 13.2 Å². The zero-order valence-electron chi connectivity index (χ0n) is 9.93. The van der Waals surface area contributed by atoms with Crippen LogP contribution in [0.2, 0.25) is 0 Å². The number of hydrogen-bond acceptors (Lipinski definition) is 1. The highest BCUT2D eigenvalue weighted by Gasteiger charge is 1.87. The molecule has 0 radical (unpaired) electrons. The maximum atomic E-state index is 5.21. The van der Waals surface area contributed by atoms with Crippen molar-refractivity contribution in [3.63, 3.8) is 0 Å². The largest absolute Gasteiger partial charge is 0.378 e. The molecule has 1 heteroatoms. The van der Waals surface area contributed by atoms with Gasteiger partial charge < -0.3 is 4.74 Å². The maximum Gasteiger partial charge on any atom is 0.0647 e. The van der Waals surface area contributed by atoms with Gasteiger partial charge in [0.25, 0.3) is 0 Å². The monoisotopic (exact) mass is 198 g/mol. The van der Waals surface area contributed by atoms with Gasteiger partial charge in [-0.2, -0.15) is 0 Å². The first kappa shape index (κ1) is 13.7. The van der Waals surface area contributed by atoms with Crippen LogP contribution in [0.5, 0.6) is 0 Å². The molecule has 0 N–H and O–H groups in total. The Morgan fingerprint density at radius 2 is 1.57 bits per heavy atom. The summed E-state index contributed by atoms with van der Waals surface area (Å²) in [6, 6.07) is 0. The summed E-state index contributed by atoms with van der Waals surface area (Å²) >= 11 is 0. The summed E-state index contributed by atoms with van der Waals surface area (Å²) in [4.78, 5) is 0. The van der Waals surface area contributed by atoms with E-state index in [2.05, 4.69) is 19.1 Å². The predicted molar refractivity (Wildman–Crippen MR) is 63.6 cm³/mol. The Balaban J connectivity index is 2.94. The summed E-state index contributed by atoms with van der Waals surface area (Å²) in [7, 11) is 0. The Labute approximate surface area is 89.5 Å². The molecule has 0 rings (SSSR count). The lowest BCUT2D eigenvalue weighted by atomic mass is 10.1. The van der Waals surface area contributed by atoms with E-state index in [0.717, 1.165) is 13.2 Å². The van der Waals surface area contributed by atoms with Crippen LogP contribution in [0.25, 0.3) is 0 Å². The molecule has 0 amide bonds. The molecule has 0 fully saturated rings. The molecule has 0 saturated heterocycles. The van der Waals surface area contributed by atoms with Crippen LogP contribution in [0, 0.1) is 0 Å². The highest BCUT2D eigenvalue weighted by atomic mass is 16.5. The van der Waals surface area contributed by atoms with E-state index in [0.29, 0.717) is 0 Å². The zero-order chi connectivity index (χ0) is 10.5. The third-order valence-electron chi connectivity index (χ3n) is 2.31. The lowest BCUT2D eigenvalue weighted by molar-refractivity contribution is 0.177. The van der Waals surface area contributed by atoms with Crippen molar-refractivity contribution in [1.29, 1.82) is 0 Å². The van der Waals surface area contributed by atoms with Crippen molar-refractivity contribution in [3.8, 4) is 0 Å². The van der Waals surface area contributed by atoms with Gasteiger partial charge >= 0.3 is 0 Å². The fraction of sp³-hybridized carbons (Fsp3) is 0.846. The van der Waals surface area contributed by atoms with Crippen LogP contribution in [-0.2, 0) is 4.74 Å². The lowest BCUT2D eigenvalue weighted by Crippen LogP contribution is -1.87. The molecule has 0 bridgehead atoms. The van der Waals surface area contributed by atoms with Gasteiger partial charge in [0, 0.05) is 6.61 Å². The van der Waals surface area contributed by atoms with E-state index in [1.807, 2.05) is 6.92 Å². The normalized spacial score (nSPS) is 11.3. The molecule has 0 spiro atoms. The number of ether oxygens (including phenoxy) is 1. The summed E-state index contributed by atoms with van der Waals surface area (Å²) in [6.07, 6.45) is 13.9. The van der Waals surface area contributed by atoms with Gasteiger partial charge in [-0.05, 0) is 19.8 Å². The average Bonchev–Trinajstić information content (AvgIpc) is 2.21. The van der Waals surface area contributed by atoms with Crippen molar-refractivity contribution in [2.45, 2.75) is 58.8 Å². The second-order valence-electron chi connectivity index (χ2n) is 3.69. The lowest BCUT2D eigenvalue weighted by Gasteiger charge is -1.97. The Bertz CT molecular complexity index is 118. The number of hydrogen-bond donors (Lipinski definition) is 0. The first-order valence-electron chi connectivity index (χ1n) is 6.14. The Morgan fingerprint density at radius 1 is 0.857 bits per heavy atom. The van der Waals surface area contributed by atoms with Crippen molar-refractivity contribution >= 4 is 0 Å². The van der Waals surface area contributed by atoms with Crippen LogP contribution in [0.1, 0.15) is 58.8 Å². The molecule has 14 heavy (non-hydrogen) atoms. The summed E-state index contributed by atoms with van der Waals surface area (Å²) in [5.74, 6) is 0. The third kappa shape index (κ3) is 11.7. The molecular formula is C13H26O. The van der Waals surface area contributed by atoms with E-state index in [1.165, 1.54) is 44.9 Å². The molecule has 0 unspecified atom stereocenters. The zero-order valence-corrected chi connectivity index (χ0v) is 9.93. The molecule has 0 aromatic rings. The second-order valence-corrected chi connectivity index (χ2v) is 3.69. The van der Waals surface area contributed by atoms with Gasteiger partial charge in [-0.25, -0.2) is 0 Å². The fourth-order valence-corrected chi connectivity index (χ4v) is 1.41. The van der Waals surface area contributed by atoms with Crippen LogP contribution in [0.3, 0.4) is 0 Å². The van der Waals surface area contributed by atoms with Crippen molar-refractivity contribution in [1.82, 2.24) is 0 Å². The Kier molecular flexibility index (Phi) is 12.4. The molecule has 0 heterocycles. The highest BCUT2D eigenvalue weighted by molar-refractivity contribution is 4.81. The first-order valence-corrected chi connectivity index (χ1v) is 6.14. The van der Waals surface area contributed by atoms with Gasteiger partial charge in [0.15, 0.2) is 0 Å². The van der Waals surface area contributed by atoms with Gasteiger partial charge in [-0.1, -0.05) is 51.2 Å². The van der Waals surface area contributed by atoms with Gasteiger partial charge in [0.2, 0.25) is 0 Å². The molecule has 0 aromatic carbocycles. The number of allylic oxidation sites excluding steroid dienone is 1. The molecule has 1 nitrogen and oxygen atoms in total. The van der Waals surface area contributed by atoms with Crippen molar-refractivity contribution in [2.75, 3.05) is 13.2 Å². The van der Waals surface area contributed by atoms with E-state index in [-0.39, 0.29) is 0 Å². The number of rotatable bonds is 10. The molecule has 0 saturated carbocycles. The highest BCUT2D eigenvalue weighted by Crippen LogP contribution is 2.06. The van der Waals surface area contributed by atoms with Gasteiger partial charge in [-0.3, -0.25) is 0 Å². The van der Waals surface area contributed by atoms with E-state index in [1.54, 1.807) is 0 Å². The Morgan fingerprint density at radius 3 is 2.29 bits per heavy atom. The van der Waals surface area contributed by atoms with E-state index >= 15 is 0 Å². The molecule has 0 atom stereocenters. The van der Waals surface area contributed by atoms with Crippen molar-refractivity contribution in [3.05, 3.63) is 12.2 Å². The van der Waals surface area contributed by atoms with Crippen LogP contribution in [0.15, 0.2) is 12.2 Å². The van der Waals surface area contributed by atoms with Crippen molar-refractivity contribution in [2.24, 2.45) is 0 Å². The SMILES string of the molecule is CCCCCCCC/C=C/COCC.